The number of rotatable bonds is 27. The number of aliphatic hydroxyl groups excluding tert-OH is 1. The molecule has 2 aliphatic heterocycles. The number of benzene rings is 2. The summed E-state index contributed by atoms with van der Waals surface area (Å²) in [6.45, 7) is 1.57. The molecule has 2 aliphatic rings. The van der Waals surface area contributed by atoms with Gasteiger partial charge in [-0.05, 0) is 62.6 Å². The molecule has 372 valence electrons. The van der Waals surface area contributed by atoms with Crippen LogP contribution in [0.1, 0.15) is 75.8 Å². The van der Waals surface area contributed by atoms with E-state index in [4.69, 9.17) is 16.9 Å². The molecule has 2 aromatic carbocycles. The number of nitrogens with one attached hydrogen (secondary N) is 9. The van der Waals surface area contributed by atoms with E-state index < -0.39 is 103 Å². The molecular weight excluding hydrogens is 881 g/mol. The van der Waals surface area contributed by atoms with Crippen LogP contribution >= 0.6 is 0 Å². The molecular formula is C46H68N12O10. The molecule has 0 aliphatic carbocycles. The molecule has 22 nitrogen and oxygen atoms in total. The average molecular weight is 949 g/mol. The number of carbonyl (C=O) groups excluding carboxylic acids is 7. The average Bonchev–Trinajstić information content (AvgIpc) is 4.06. The van der Waals surface area contributed by atoms with Gasteiger partial charge in [0.2, 0.25) is 41.4 Å². The number of aliphatic hydroxyl groups is 1. The largest absolute Gasteiger partial charge is 0.480 e. The van der Waals surface area contributed by atoms with Gasteiger partial charge in [0.05, 0.1) is 12.6 Å². The first kappa shape index (κ1) is 54.0. The molecule has 2 heterocycles. The maximum Gasteiger partial charge on any atom is 0.326 e. The van der Waals surface area contributed by atoms with Crippen molar-refractivity contribution in [1.82, 2.24) is 47.4 Å². The molecule has 2 fully saturated rings. The minimum absolute atomic E-state index is 0.0175. The predicted molar refractivity (Wildman–Crippen MR) is 250 cm³/mol. The molecule has 0 unspecified atom stereocenters. The van der Waals surface area contributed by atoms with Crippen LogP contribution in [0.25, 0.3) is 0 Å². The van der Waals surface area contributed by atoms with Crippen molar-refractivity contribution >= 4 is 53.3 Å². The number of amides is 7. The quantitative estimate of drug-likeness (QED) is 0.0253. The van der Waals surface area contributed by atoms with Crippen molar-refractivity contribution in [3.05, 3.63) is 71.8 Å². The zero-order valence-electron chi connectivity index (χ0n) is 38.5. The Balaban J connectivity index is 1.52. The van der Waals surface area contributed by atoms with Gasteiger partial charge in [0.25, 0.3) is 0 Å². The molecule has 15 N–H and O–H groups in total. The summed E-state index contributed by atoms with van der Waals surface area (Å²) in [6.07, 6.45) is 3.83. The lowest BCUT2D eigenvalue weighted by Crippen LogP contribution is -2.62. The lowest BCUT2D eigenvalue weighted by atomic mass is 10.0. The number of aliphatic carboxylic acids is 1. The highest BCUT2D eigenvalue weighted by atomic mass is 16.4. The number of unbranched alkanes of at least 4 members (excludes halogenated alkanes) is 1. The summed E-state index contributed by atoms with van der Waals surface area (Å²) in [5.74, 6) is -6.55. The molecule has 2 saturated heterocycles. The molecule has 22 heteroatoms. The van der Waals surface area contributed by atoms with E-state index in [-0.39, 0.29) is 57.1 Å². The monoisotopic (exact) mass is 949 g/mol. The van der Waals surface area contributed by atoms with Gasteiger partial charge in [-0.3, -0.25) is 39.0 Å². The summed E-state index contributed by atoms with van der Waals surface area (Å²) in [5.41, 5.74) is 12.7. The highest BCUT2D eigenvalue weighted by Crippen LogP contribution is 2.20. The van der Waals surface area contributed by atoms with Crippen LogP contribution in [0, 0.1) is 5.41 Å². The highest BCUT2D eigenvalue weighted by molar-refractivity contribution is 5.98. The van der Waals surface area contributed by atoms with Crippen molar-refractivity contribution in [2.24, 2.45) is 11.5 Å². The molecule has 0 aromatic heterocycles. The fourth-order valence-corrected chi connectivity index (χ4v) is 8.04. The summed E-state index contributed by atoms with van der Waals surface area (Å²) >= 11 is 0. The minimum Gasteiger partial charge on any atom is -0.480 e. The number of guanidine groups is 1. The molecule has 4 rings (SSSR count). The number of carboxylic acids is 1. The van der Waals surface area contributed by atoms with E-state index in [9.17, 15) is 48.6 Å². The normalized spacial score (nSPS) is 18.1. The second-order valence-corrected chi connectivity index (χ2v) is 17.0. The number of hydrogen-bond donors (Lipinski definition) is 13. The van der Waals surface area contributed by atoms with Crippen molar-refractivity contribution < 1.29 is 48.6 Å². The van der Waals surface area contributed by atoms with Gasteiger partial charge < -0.3 is 69.1 Å². The van der Waals surface area contributed by atoms with Crippen molar-refractivity contribution in [3.63, 3.8) is 0 Å². The van der Waals surface area contributed by atoms with Gasteiger partial charge in [-0.1, -0.05) is 80.4 Å². The predicted octanol–water partition coefficient (Wildman–Crippen LogP) is -2.39. The number of nitrogens with two attached hydrogens (primary N) is 2. The number of carboxylic acid groups (broad SMARTS) is 1. The van der Waals surface area contributed by atoms with E-state index in [2.05, 4.69) is 42.5 Å². The molecule has 0 radical (unpaired) electrons. The van der Waals surface area contributed by atoms with Gasteiger partial charge >= 0.3 is 5.97 Å². The van der Waals surface area contributed by atoms with Crippen LogP contribution in [0.3, 0.4) is 0 Å². The fraction of sp³-hybridized carbons (Fsp3) is 0.543. The Labute approximate surface area is 395 Å². The smallest absolute Gasteiger partial charge is 0.326 e. The maximum absolute atomic E-state index is 14.4. The maximum atomic E-state index is 14.4. The van der Waals surface area contributed by atoms with Crippen LogP contribution in [0.5, 0.6) is 0 Å². The zero-order valence-corrected chi connectivity index (χ0v) is 38.5. The van der Waals surface area contributed by atoms with Crippen LogP contribution in [0.2, 0.25) is 0 Å². The van der Waals surface area contributed by atoms with Gasteiger partial charge in [-0.25, -0.2) is 4.79 Å². The van der Waals surface area contributed by atoms with E-state index in [1.807, 2.05) is 6.92 Å². The van der Waals surface area contributed by atoms with E-state index in [0.29, 0.717) is 49.8 Å². The number of nitrogens with zero attached hydrogens (tertiary/aromatic N) is 1. The summed E-state index contributed by atoms with van der Waals surface area (Å²) in [5, 5.41) is 48.9. The second-order valence-electron chi connectivity index (χ2n) is 17.0. The topological polar surface area (TPSA) is 352 Å². The summed E-state index contributed by atoms with van der Waals surface area (Å²) in [6, 6.07) is 8.02. The van der Waals surface area contributed by atoms with Gasteiger partial charge in [0.1, 0.15) is 42.3 Å². The van der Waals surface area contributed by atoms with Crippen molar-refractivity contribution in [2.45, 2.75) is 126 Å². The number of carbonyl (C=O) groups is 8. The number of likely N-dealkylation sites (tertiary alicyclic amines) is 1. The molecule has 7 amide bonds. The van der Waals surface area contributed by atoms with Crippen LogP contribution < -0.4 is 54.0 Å². The molecule has 0 bridgehead atoms. The SMILES string of the molecule is CCCC[C@H](NC(=O)[C@H](CO)NC(=O)[C@H](CN)NC(=O)[C@H](Cc1ccccc1)NC(=O)[C@H](Cc1ccccc1)NC(=O)[C@H](CCCNC(=N)N)NC(=O)[C@@H]1CCCN1)C(=O)N1CCC[C@@H]1C(=O)O. The third-order valence-electron chi connectivity index (χ3n) is 11.8. The van der Waals surface area contributed by atoms with Gasteiger partial charge in [-0.2, -0.15) is 0 Å². The Kier molecular flexibility index (Phi) is 22.1. The van der Waals surface area contributed by atoms with Gasteiger partial charge in [0, 0.05) is 32.5 Å². The van der Waals surface area contributed by atoms with Crippen molar-refractivity contribution in [3.8, 4) is 0 Å². The van der Waals surface area contributed by atoms with Gasteiger partial charge in [-0.15, -0.1) is 0 Å². The fourth-order valence-electron chi connectivity index (χ4n) is 8.04. The van der Waals surface area contributed by atoms with Gasteiger partial charge in [0.15, 0.2) is 5.96 Å². The zero-order chi connectivity index (χ0) is 49.6. The standard InChI is InChI=1S/C46H68N12O10/c1-2-3-17-32(44(66)58-23-12-20-37(58)45(67)68)53-43(65)36(27-59)57-42(64)35(26-47)56-41(63)34(25-29-15-8-5-9-16-29)55-40(62)33(24-28-13-6-4-7-14-28)54-39(61)31(19-11-22-51-46(48)49)52-38(60)30-18-10-21-50-30/h4-9,13-16,30-37,50,59H,2-3,10-12,17-27,47H2,1H3,(H,52,60)(H,53,65)(H,54,61)(H,55,62)(H,56,63)(H,57,64)(H,67,68)(H4,48,49,51)/t30-,31-,32-,33-,34-,35-,36-,37+/m0/s1. The Hall–Kier alpha value is -6.65. The summed E-state index contributed by atoms with van der Waals surface area (Å²) in [7, 11) is 0. The third-order valence-corrected chi connectivity index (χ3v) is 11.8. The highest BCUT2D eigenvalue weighted by Gasteiger charge is 2.39. The molecule has 0 spiro atoms. The molecule has 0 saturated carbocycles. The molecule has 8 atom stereocenters. The Bertz CT molecular complexity index is 2020. The molecule has 2 aromatic rings. The van der Waals surface area contributed by atoms with E-state index in [0.717, 1.165) is 6.42 Å². The lowest BCUT2D eigenvalue weighted by Gasteiger charge is -2.29. The lowest BCUT2D eigenvalue weighted by molar-refractivity contribution is -0.149. The Morgan fingerprint density at radius 2 is 1.22 bits per heavy atom. The van der Waals surface area contributed by atoms with E-state index in [1.165, 1.54) is 4.90 Å². The second kappa shape index (κ2) is 27.9. The molecule has 68 heavy (non-hydrogen) atoms. The van der Waals surface area contributed by atoms with Crippen LogP contribution in [-0.2, 0) is 51.2 Å². The van der Waals surface area contributed by atoms with Crippen molar-refractivity contribution in [2.75, 3.05) is 32.8 Å². The Morgan fingerprint density at radius 3 is 1.74 bits per heavy atom. The van der Waals surface area contributed by atoms with E-state index >= 15 is 0 Å². The van der Waals surface area contributed by atoms with Crippen LogP contribution in [0.15, 0.2) is 60.7 Å². The van der Waals surface area contributed by atoms with Crippen LogP contribution in [-0.4, -0.2) is 150 Å². The first-order chi connectivity index (χ1) is 32.6. The van der Waals surface area contributed by atoms with Crippen LogP contribution in [0.4, 0.5) is 0 Å². The third kappa shape index (κ3) is 16.9. The summed E-state index contributed by atoms with van der Waals surface area (Å²) < 4.78 is 0. The van der Waals surface area contributed by atoms with E-state index in [1.54, 1.807) is 60.7 Å². The van der Waals surface area contributed by atoms with Crippen molar-refractivity contribution in [1.29, 1.82) is 5.41 Å². The Morgan fingerprint density at radius 1 is 0.706 bits per heavy atom. The number of hydrogen-bond acceptors (Lipinski definition) is 12. The minimum atomic E-state index is -1.60. The summed E-state index contributed by atoms with van der Waals surface area (Å²) in [4.78, 5) is 110. The first-order valence-corrected chi connectivity index (χ1v) is 23.2. The first-order valence-electron chi connectivity index (χ1n) is 23.2.